The van der Waals surface area contributed by atoms with Gasteiger partial charge in [-0.1, -0.05) is 66.7 Å². The van der Waals surface area contributed by atoms with Crippen molar-refractivity contribution in [2.75, 3.05) is 21.1 Å². The fraction of sp³-hybridized carbons (Fsp3) is 0.344. The van der Waals surface area contributed by atoms with Crippen molar-refractivity contribution in [2.24, 2.45) is 5.73 Å². The topological polar surface area (TPSA) is 125 Å². The number of benzene rings is 3. The number of nitrogens with zero attached hydrogens (tertiary/aromatic N) is 1. The van der Waals surface area contributed by atoms with Crippen molar-refractivity contribution in [3.8, 4) is 0 Å². The van der Waals surface area contributed by atoms with Gasteiger partial charge in [0.25, 0.3) is 0 Å². The molecule has 0 fully saturated rings. The van der Waals surface area contributed by atoms with Crippen LogP contribution in [-0.2, 0) is 27.2 Å². The summed E-state index contributed by atoms with van der Waals surface area (Å²) in [5.74, 6) is -1.87. The van der Waals surface area contributed by atoms with E-state index >= 15 is 0 Å². The molecule has 0 aliphatic carbocycles. The molecule has 0 saturated carbocycles. The Morgan fingerprint density at radius 3 is 2.22 bits per heavy atom. The molecular weight excluding hydrogens is 523 g/mol. The molecule has 8 nitrogen and oxygen atoms in total. The van der Waals surface area contributed by atoms with Gasteiger partial charge in [-0.2, -0.15) is 0 Å². The SMILES string of the molecule is CC(C)(N)CC=CC(=O)O.CNC(=O)C(Cc1ccccc1F)N(C)C(=O)C(Cc1ccc2ccccc2c1)NC. The van der Waals surface area contributed by atoms with Crippen molar-refractivity contribution in [1.29, 1.82) is 0 Å². The van der Waals surface area contributed by atoms with Crippen LogP contribution in [0.15, 0.2) is 78.9 Å². The van der Waals surface area contributed by atoms with E-state index in [-0.39, 0.29) is 23.8 Å². The first kappa shape index (κ1) is 33.1. The molecule has 3 aromatic carbocycles. The number of carboxylic acid groups (broad SMARTS) is 1. The van der Waals surface area contributed by atoms with Crippen molar-refractivity contribution in [1.82, 2.24) is 15.5 Å². The number of halogens is 1. The Bertz CT molecular complexity index is 1350. The number of fused-ring (bicyclic) bond motifs is 1. The third-order valence-electron chi connectivity index (χ3n) is 6.54. The highest BCUT2D eigenvalue weighted by atomic mass is 19.1. The van der Waals surface area contributed by atoms with E-state index in [1.807, 2.05) is 50.2 Å². The maximum Gasteiger partial charge on any atom is 0.327 e. The maximum atomic E-state index is 14.2. The summed E-state index contributed by atoms with van der Waals surface area (Å²) in [6.45, 7) is 3.69. The van der Waals surface area contributed by atoms with Crippen molar-refractivity contribution in [2.45, 2.75) is 50.7 Å². The number of carbonyl (C=O) groups is 3. The second kappa shape index (κ2) is 15.6. The molecule has 5 N–H and O–H groups in total. The molecule has 3 rings (SSSR count). The molecule has 2 amide bonds. The monoisotopic (exact) mass is 564 g/mol. The zero-order chi connectivity index (χ0) is 30.6. The number of hydrogen-bond donors (Lipinski definition) is 4. The van der Waals surface area contributed by atoms with Gasteiger partial charge < -0.3 is 26.4 Å². The van der Waals surface area contributed by atoms with E-state index in [1.54, 1.807) is 38.4 Å². The average Bonchev–Trinajstić information content (AvgIpc) is 2.93. The molecule has 2 atom stereocenters. The van der Waals surface area contributed by atoms with Crippen LogP contribution in [0.25, 0.3) is 10.8 Å². The first-order valence-electron chi connectivity index (χ1n) is 13.4. The van der Waals surface area contributed by atoms with E-state index in [1.165, 1.54) is 18.0 Å². The average molecular weight is 565 g/mol. The lowest BCUT2D eigenvalue weighted by Gasteiger charge is -2.30. The molecule has 41 heavy (non-hydrogen) atoms. The van der Waals surface area contributed by atoms with Gasteiger partial charge in [-0.15, -0.1) is 0 Å². The second-order valence-electron chi connectivity index (χ2n) is 10.5. The highest BCUT2D eigenvalue weighted by molar-refractivity contribution is 5.90. The normalized spacial score (nSPS) is 12.8. The Kier molecular flexibility index (Phi) is 12.6. The smallest absolute Gasteiger partial charge is 0.327 e. The zero-order valence-electron chi connectivity index (χ0n) is 24.4. The van der Waals surface area contributed by atoms with Gasteiger partial charge in [0, 0.05) is 32.1 Å². The fourth-order valence-corrected chi connectivity index (χ4v) is 4.22. The van der Waals surface area contributed by atoms with Crippen LogP contribution in [-0.4, -0.2) is 66.6 Å². The lowest BCUT2D eigenvalue weighted by Crippen LogP contribution is -2.54. The third-order valence-corrected chi connectivity index (χ3v) is 6.54. The molecule has 0 aromatic heterocycles. The molecule has 220 valence electrons. The summed E-state index contributed by atoms with van der Waals surface area (Å²) >= 11 is 0. The van der Waals surface area contributed by atoms with Gasteiger partial charge in [0.15, 0.2) is 0 Å². The molecule has 0 aliphatic rings. The predicted octanol–water partition coefficient (Wildman–Crippen LogP) is 3.68. The molecule has 3 aromatic rings. The highest BCUT2D eigenvalue weighted by Crippen LogP contribution is 2.18. The van der Waals surface area contributed by atoms with Gasteiger partial charge in [-0.05, 0) is 61.7 Å². The van der Waals surface area contributed by atoms with E-state index < -0.39 is 23.9 Å². The molecule has 0 bridgehead atoms. The quantitative estimate of drug-likeness (QED) is 0.264. The Labute approximate surface area is 241 Å². The van der Waals surface area contributed by atoms with Crippen LogP contribution in [0.4, 0.5) is 4.39 Å². The van der Waals surface area contributed by atoms with Gasteiger partial charge in [-0.25, -0.2) is 9.18 Å². The minimum absolute atomic E-state index is 0.0982. The van der Waals surface area contributed by atoms with Crippen LogP contribution in [0.5, 0.6) is 0 Å². The van der Waals surface area contributed by atoms with Crippen LogP contribution in [0, 0.1) is 5.82 Å². The van der Waals surface area contributed by atoms with Gasteiger partial charge in [0.1, 0.15) is 11.9 Å². The summed E-state index contributed by atoms with van der Waals surface area (Å²) in [7, 11) is 4.83. The van der Waals surface area contributed by atoms with Gasteiger partial charge in [0.05, 0.1) is 6.04 Å². The first-order valence-corrected chi connectivity index (χ1v) is 13.4. The molecule has 0 saturated heterocycles. The van der Waals surface area contributed by atoms with E-state index in [9.17, 15) is 18.8 Å². The first-order chi connectivity index (χ1) is 19.4. The summed E-state index contributed by atoms with van der Waals surface area (Å²) in [6.07, 6.45) is 3.82. The fourth-order valence-electron chi connectivity index (χ4n) is 4.22. The lowest BCUT2D eigenvalue weighted by molar-refractivity contribution is -0.140. The van der Waals surface area contributed by atoms with Gasteiger partial charge >= 0.3 is 5.97 Å². The van der Waals surface area contributed by atoms with Crippen LogP contribution < -0.4 is 16.4 Å². The van der Waals surface area contributed by atoms with Crippen LogP contribution in [0.3, 0.4) is 0 Å². The summed E-state index contributed by atoms with van der Waals surface area (Å²) in [5.41, 5.74) is 6.68. The number of likely N-dealkylation sites (N-methyl/N-ethyl adjacent to an activating group) is 3. The summed E-state index contributed by atoms with van der Waals surface area (Å²) < 4.78 is 14.2. The van der Waals surface area contributed by atoms with Crippen LogP contribution in [0.2, 0.25) is 0 Å². The minimum atomic E-state index is -0.927. The summed E-state index contributed by atoms with van der Waals surface area (Å²) in [6, 6.07) is 19.2. The number of hydrogen-bond acceptors (Lipinski definition) is 5. The van der Waals surface area contributed by atoms with Crippen molar-refractivity contribution in [3.63, 3.8) is 0 Å². The Morgan fingerprint density at radius 1 is 1.00 bits per heavy atom. The Morgan fingerprint density at radius 2 is 1.63 bits per heavy atom. The van der Waals surface area contributed by atoms with E-state index in [0.29, 0.717) is 18.4 Å². The predicted molar refractivity (Wildman–Crippen MR) is 161 cm³/mol. The molecule has 2 unspecified atom stereocenters. The van der Waals surface area contributed by atoms with Crippen LogP contribution in [0.1, 0.15) is 31.4 Å². The van der Waals surface area contributed by atoms with Crippen molar-refractivity contribution in [3.05, 3.63) is 95.8 Å². The van der Waals surface area contributed by atoms with Gasteiger partial charge in [-0.3, -0.25) is 9.59 Å². The standard InChI is InChI=1S/C25H28FN3O2.C7H13NO2/c1-27-22(15-17-12-13-18-8-4-5-9-19(18)14-17)25(31)29(3)23(24(30)28-2)16-20-10-6-7-11-21(20)26;1-7(2,8)5-3-4-6(9)10/h4-14,22-23,27H,15-16H2,1-3H3,(H,28,30);3-4H,5,8H2,1-2H3,(H,9,10). The summed E-state index contributed by atoms with van der Waals surface area (Å²) in [4.78, 5) is 37.2. The largest absolute Gasteiger partial charge is 0.478 e. The minimum Gasteiger partial charge on any atom is -0.478 e. The molecule has 0 spiro atoms. The lowest BCUT2D eigenvalue weighted by atomic mass is 9.99. The zero-order valence-corrected chi connectivity index (χ0v) is 24.4. The second-order valence-corrected chi connectivity index (χ2v) is 10.5. The van der Waals surface area contributed by atoms with E-state index in [0.717, 1.165) is 22.4 Å². The number of rotatable bonds is 11. The van der Waals surface area contributed by atoms with Crippen LogP contribution >= 0.6 is 0 Å². The van der Waals surface area contributed by atoms with Gasteiger partial charge in [0.2, 0.25) is 11.8 Å². The number of carboxylic acids is 1. The van der Waals surface area contributed by atoms with Crippen molar-refractivity contribution >= 4 is 28.6 Å². The van der Waals surface area contributed by atoms with Crippen molar-refractivity contribution < 1.29 is 23.9 Å². The van der Waals surface area contributed by atoms with E-state index in [4.69, 9.17) is 10.8 Å². The Hall–Kier alpha value is -4.08. The number of carbonyl (C=O) groups excluding carboxylic acids is 2. The highest BCUT2D eigenvalue weighted by Gasteiger charge is 2.31. The Balaban J connectivity index is 0.000000503. The number of aliphatic carboxylic acids is 1. The number of amides is 2. The maximum absolute atomic E-state index is 14.2. The number of nitrogens with one attached hydrogen (secondary N) is 2. The summed E-state index contributed by atoms with van der Waals surface area (Å²) in [5, 5.41) is 16.1. The third kappa shape index (κ3) is 10.8. The molecule has 0 heterocycles. The van der Waals surface area contributed by atoms with E-state index in [2.05, 4.69) is 16.7 Å². The molecule has 0 aliphatic heterocycles. The molecule has 9 heteroatoms. The molecular formula is C32H41FN4O4. The number of nitrogens with two attached hydrogens (primary N) is 1. The molecule has 0 radical (unpaired) electrons.